The number of benzene rings is 2. The van der Waals surface area contributed by atoms with Crippen LogP contribution in [0.15, 0.2) is 54.6 Å². The summed E-state index contributed by atoms with van der Waals surface area (Å²) in [6, 6.07) is 18.4. The molecule has 0 unspecified atom stereocenters. The van der Waals surface area contributed by atoms with Crippen LogP contribution >= 0.6 is 0 Å². The van der Waals surface area contributed by atoms with Gasteiger partial charge in [0, 0.05) is 32.7 Å². The van der Waals surface area contributed by atoms with Gasteiger partial charge in [0.1, 0.15) is 0 Å². The van der Waals surface area contributed by atoms with Gasteiger partial charge in [-0.3, -0.25) is 14.6 Å². The van der Waals surface area contributed by atoms with Crippen LogP contribution in [0.25, 0.3) is 0 Å². The van der Waals surface area contributed by atoms with Gasteiger partial charge in [0.25, 0.3) is 0 Å². The van der Waals surface area contributed by atoms with Crippen LogP contribution in [0.3, 0.4) is 0 Å². The molecule has 2 aromatic carbocycles. The van der Waals surface area contributed by atoms with E-state index in [0.29, 0.717) is 6.54 Å². The van der Waals surface area contributed by atoms with Gasteiger partial charge in [0.15, 0.2) is 5.82 Å². The first kappa shape index (κ1) is 24.6. The Balaban J connectivity index is 1.38. The van der Waals surface area contributed by atoms with Gasteiger partial charge in [-0.2, -0.15) is 0 Å². The van der Waals surface area contributed by atoms with Gasteiger partial charge >= 0.3 is 5.97 Å². The topological polar surface area (TPSA) is 92.6 Å². The molecule has 0 bridgehead atoms. The Morgan fingerprint density at radius 2 is 1.57 bits per heavy atom. The maximum atomic E-state index is 12.9. The van der Waals surface area contributed by atoms with Crippen molar-refractivity contribution in [2.75, 3.05) is 44.6 Å². The molecule has 1 N–H and O–H groups in total. The molecule has 9 nitrogen and oxygen atoms in total. The van der Waals surface area contributed by atoms with Crippen LogP contribution in [-0.4, -0.2) is 76.0 Å². The van der Waals surface area contributed by atoms with Gasteiger partial charge in [-0.05, 0) is 25.0 Å². The number of ether oxygens (including phenoxy) is 1. The van der Waals surface area contributed by atoms with Crippen LogP contribution < -0.4 is 5.32 Å². The molecule has 1 aromatic heterocycles. The van der Waals surface area contributed by atoms with E-state index in [1.165, 1.54) is 10.2 Å². The Labute approximate surface area is 205 Å². The molecule has 1 saturated heterocycles. The summed E-state index contributed by atoms with van der Waals surface area (Å²) in [4.78, 5) is 29.9. The number of carbonyl (C=O) groups is 2. The first-order chi connectivity index (χ1) is 17.0. The largest absolute Gasteiger partial charge is 0.461 e. The third kappa shape index (κ3) is 6.74. The maximum absolute atomic E-state index is 12.9. The second-order valence-electron chi connectivity index (χ2n) is 8.74. The number of aryl methyl sites for hydroxylation is 1. The lowest BCUT2D eigenvalue weighted by atomic mass is 10.1. The molecular weight excluding hydrogens is 444 g/mol. The Morgan fingerprint density at radius 3 is 2.26 bits per heavy atom. The highest BCUT2D eigenvalue weighted by Gasteiger charge is 2.25. The fourth-order valence-electron chi connectivity index (χ4n) is 4.07. The van der Waals surface area contributed by atoms with Crippen LogP contribution in [0.2, 0.25) is 0 Å². The lowest BCUT2D eigenvalue weighted by Crippen LogP contribution is -2.48. The quantitative estimate of drug-likeness (QED) is 0.475. The summed E-state index contributed by atoms with van der Waals surface area (Å²) in [5, 5.41) is 11.0. The number of carbonyl (C=O) groups excluding carboxylic acids is 2. The summed E-state index contributed by atoms with van der Waals surface area (Å²) >= 11 is 0. The van der Waals surface area contributed by atoms with Crippen molar-refractivity contribution in [3.8, 4) is 0 Å². The normalized spacial score (nSPS) is 14.6. The molecule has 1 fully saturated rings. The summed E-state index contributed by atoms with van der Waals surface area (Å²) < 4.78 is 6.65. The molecule has 184 valence electrons. The summed E-state index contributed by atoms with van der Waals surface area (Å²) in [7, 11) is 0. The number of hydrogen-bond donors (Lipinski definition) is 1. The second-order valence-corrected chi connectivity index (χ2v) is 8.74. The number of esters is 1. The molecule has 9 heteroatoms. The standard InChI is InChI=1S/C26H32N6O3/c1-3-35-26(34)24-25(32(29-28-24)18-22-11-9-20(2)10-12-22)27-23(33)19-31-15-13-30(14-16-31)17-21-7-5-4-6-8-21/h4-12H,3,13-19H2,1-2H3,(H,27,33). The number of aromatic nitrogens is 3. The van der Waals surface area contributed by atoms with Gasteiger partial charge in [0.2, 0.25) is 11.6 Å². The first-order valence-corrected chi connectivity index (χ1v) is 12.0. The third-order valence-electron chi connectivity index (χ3n) is 6.00. The van der Waals surface area contributed by atoms with E-state index in [2.05, 4.69) is 49.7 Å². The molecule has 1 aliphatic heterocycles. The van der Waals surface area contributed by atoms with Gasteiger partial charge in [-0.15, -0.1) is 5.10 Å². The van der Waals surface area contributed by atoms with E-state index in [1.807, 2.05) is 37.3 Å². The molecule has 0 aliphatic carbocycles. The van der Waals surface area contributed by atoms with Crippen molar-refractivity contribution in [3.63, 3.8) is 0 Å². The van der Waals surface area contributed by atoms with Crippen LogP contribution in [0.1, 0.15) is 34.1 Å². The minimum absolute atomic E-state index is 0.0139. The van der Waals surface area contributed by atoms with E-state index >= 15 is 0 Å². The summed E-state index contributed by atoms with van der Waals surface area (Å²) in [5.41, 5.74) is 3.44. The highest BCUT2D eigenvalue weighted by atomic mass is 16.5. The average Bonchev–Trinajstić information content (AvgIpc) is 3.24. The van der Waals surface area contributed by atoms with E-state index in [9.17, 15) is 9.59 Å². The Kier molecular flexibility index (Phi) is 8.23. The van der Waals surface area contributed by atoms with Crippen LogP contribution in [-0.2, 0) is 22.6 Å². The van der Waals surface area contributed by atoms with E-state index in [1.54, 1.807) is 6.92 Å². The smallest absolute Gasteiger partial charge is 0.362 e. The zero-order chi connectivity index (χ0) is 24.6. The molecule has 0 atom stereocenters. The molecular formula is C26H32N6O3. The van der Waals surface area contributed by atoms with Gasteiger partial charge in [-0.1, -0.05) is 65.4 Å². The summed E-state index contributed by atoms with van der Waals surface area (Å²) in [6.07, 6.45) is 0. The van der Waals surface area contributed by atoms with Crippen molar-refractivity contribution >= 4 is 17.7 Å². The number of nitrogens with zero attached hydrogens (tertiary/aromatic N) is 5. The van der Waals surface area contributed by atoms with Gasteiger partial charge in [0.05, 0.1) is 19.7 Å². The number of amides is 1. The molecule has 35 heavy (non-hydrogen) atoms. The lowest BCUT2D eigenvalue weighted by Gasteiger charge is -2.34. The average molecular weight is 477 g/mol. The number of anilines is 1. The lowest BCUT2D eigenvalue weighted by molar-refractivity contribution is -0.117. The first-order valence-electron chi connectivity index (χ1n) is 12.0. The fraction of sp³-hybridized carbons (Fsp3) is 0.385. The van der Waals surface area contributed by atoms with Crippen LogP contribution in [0, 0.1) is 6.92 Å². The Bertz CT molecular complexity index is 1120. The van der Waals surface area contributed by atoms with Crippen molar-refractivity contribution in [1.29, 1.82) is 0 Å². The molecule has 1 amide bonds. The maximum Gasteiger partial charge on any atom is 0.362 e. The minimum Gasteiger partial charge on any atom is -0.461 e. The van der Waals surface area contributed by atoms with E-state index in [0.717, 1.165) is 43.9 Å². The third-order valence-corrected chi connectivity index (χ3v) is 6.00. The Hall–Kier alpha value is -3.56. The zero-order valence-corrected chi connectivity index (χ0v) is 20.3. The molecule has 0 spiro atoms. The number of piperazine rings is 1. The molecule has 1 aliphatic rings. The molecule has 2 heterocycles. The monoisotopic (exact) mass is 476 g/mol. The summed E-state index contributed by atoms with van der Waals surface area (Å²) in [5.74, 6) is -0.552. The van der Waals surface area contributed by atoms with Crippen molar-refractivity contribution in [3.05, 3.63) is 77.0 Å². The van der Waals surface area contributed by atoms with Gasteiger partial charge < -0.3 is 10.1 Å². The van der Waals surface area contributed by atoms with Crippen molar-refractivity contribution in [2.45, 2.75) is 26.9 Å². The number of hydrogen-bond acceptors (Lipinski definition) is 7. The van der Waals surface area contributed by atoms with E-state index in [4.69, 9.17) is 4.74 Å². The highest BCUT2D eigenvalue weighted by Crippen LogP contribution is 2.17. The highest BCUT2D eigenvalue weighted by molar-refractivity contribution is 5.99. The molecule has 0 radical (unpaired) electrons. The van der Waals surface area contributed by atoms with Crippen molar-refractivity contribution < 1.29 is 14.3 Å². The SMILES string of the molecule is CCOC(=O)c1nnn(Cc2ccc(C)cc2)c1NC(=O)CN1CCN(Cc2ccccc2)CC1. The minimum atomic E-state index is -0.604. The van der Waals surface area contributed by atoms with Crippen LogP contribution in [0.5, 0.6) is 0 Å². The molecule has 3 aromatic rings. The van der Waals surface area contributed by atoms with E-state index < -0.39 is 5.97 Å². The Morgan fingerprint density at radius 1 is 0.914 bits per heavy atom. The van der Waals surface area contributed by atoms with Crippen LogP contribution in [0.4, 0.5) is 5.82 Å². The van der Waals surface area contributed by atoms with Crippen molar-refractivity contribution in [2.24, 2.45) is 0 Å². The number of rotatable bonds is 9. The summed E-state index contributed by atoms with van der Waals surface area (Å²) in [6.45, 7) is 8.86. The zero-order valence-electron chi connectivity index (χ0n) is 20.3. The predicted octanol–water partition coefficient (Wildman–Crippen LogP) is 2.57. The molecule has 4 rings (SSSR count). The second kappa shape index (κ2) is 11.7. The predicted molar refractivity (Wildman–Crippen MR) is 133 cm³/mol. The van der Waals surface area contributed by atoms with Gasteiger partial charge in [-0.25, -0.2) is 9.48 Å². The fourth-order valence-corrected chi connectivity index (χ4v) is 4.07. The van der Waals surface area contributed by atoms with E-state index in [-0.39, 0.29) is 30.6 Å². The number of nitrogens with one attached hydrogen (secondary N) is 1. The van der Waals surface area contributed by atoms with Crippen molar-refractivity contribution in [1.82, 2.24) is 24.8 Å². The molecule has 0 saturated carbocycles.